The van der Waals surface area contributed by atoms with Gasteiger partial charge in [-0.15, -0.1) is 0 Å². The molecule has 1 N–H and O–H groups in total. The van der Waals surface area contributed by atoms with E-state index < -0.39 is 0 Å². The highest BCUT2D eigenvalue weighted by molar-refractivity contribution is 6.07. The lowest BCUT2D eigenvalue weighted by Crippen LogP contribution is -2.45. The van der Waals surface area contributed by atoms with Gasteiger partial charge in [0.05, 0.1) is 0 Å². The SMILES string of the molecule is C[C@@H]1CCC(C)(C)C[C@H]1NC(=O)c1ccc(F)c2ccccc12. The second kappa shape index (κ2) is 5.95. The van der Waals surface area contributed by atoms with Crippen LogP contribution in [0.5, 0.6) is 0 Å². The van der Waals surface area contributed by atoms with Crippen LogP contribution in [-0.4, -0.2) is 11.9 Å². The van der Waals surface area contributed by atoms with Crippen LogP contribution in [0.1, 0.15) is 50.4 Å². The van der Waals surface area contributed by atoms with Gasteiger partial charge in [-0.25, -0.2) is 4.39 Å². The average Bonchev–Trinajstić information content (AvgIpc) is 2.51. The van der Waals surface area contributed by atoms with Crippen molar-refractivity contribution in [1.29, 1.82) is 0 Å². The van der Waals surface area contributed by atoms with E-state index in [1.54, 1.807) is 18.2 Å². The fourth-order valence-corrected chi connectivity index (χ4v) is 3.62. The van der Waals surface area contributed by atoms with Crippen molar-refractivity contribution in [3.05, 3.63) is 47.8 Å². The van der Waals surface area contributed by atoms with Crippen molar-refractivity contribution in [3.63, 3.8) is 0 Å². The Kier molecular flexibility index (Phi) is 4.13. The van der Waals surface area contributed by atoms with Crippen LogP contribution in [0.2, 0.25) is 0 Å². The maximum Gasteiger partial charge on any atom is 0.252 e. The minimum Gasteiger partial charge on any atom is -0.349 e. The van der Waals surface area contributed by atoms with Gasteiger partial charge in [-0.1, -0.05) is 45.0 Å². The van der Waals surface area contributed by atoms with E-state index in [1.165, 1.54) is 12.5 Å². The van der Waals surface area contributed by atoms with E-state index in [1.807, 2.05) is 12.1 Å². The molecule has 2 atom stereocenters. The van der Waals surface area contributed by atoms with Crippen molar-refractivity contribution in [2.45, 2.75) is 46.1 Å². The summed E-state index contributed by atoms with van der Waals surface area (Å²) in [5, 5.41) is 4.36. The molecule has 0 saturated heterocycles. The molecule has 1 aliphatic carbocycles. The van der Waals surface area contributed by atoms with Crippen LogP contribution in [0.3, 0.4) is 0 Å². The number of carbonyl (C=O) groups excluding carboxylic acids is 1. The number of hydrogen-bond donors (Lipinski definition) is 1. The fraction of sp³-hybridized carbons (Fsp3) is 0.450. The number of benzene rings is 2. The molecule has 3 heteroatoms. The molecular weight excluding hydrogens is 289 g/mol. The molecule has 1 fully saturated rings. The molecule has 0 heterocycles. The maximum absolute atomic E-state index is 13.9. The second-order valence-corrected chi connectivity index (χ2v) is 7.60. The van der Waals surface area contributed by atoms with Gasteiger partial charge in [0.2, 0.25) is 0 Å². The number of halogens is 1. The van der Waals surface area contributed by atoms with Gasteiger partial charge in [0.25, 0.3) is 5.91 Å². The van der Waals surface area contributed by atoms with E-state index in [-0.39, 0.29) is 23.2 Å². The van der Waals surface area contributed by atoms with Crippen LogP contribution < -0.4 is 5.32 Å². The molecule has 0 radical (unpaired) electrons. The topological polar surface area (TPSA) is 29.1 Å². The van der Waals surface area contributed by atoms with Crippen LogP contribution in [0.15, 0.2) is 36.4 Å². The predicted molar refractivity (Wildman–Crippen MR) is 92.0 cm³/mol. The lowest BCUT2D eigenvalue weighted by Gasteiger charge is -2.39. The van der Waals surface area contributed by atoms with Gasteiger partial charge < -0.3 is 5.32 Å². The maximum atomic E-state index is 13.9. The summed E-state index contributed by atoms with van der Waals surface area (Å²) in [6.45, 7) is 6.71. The van der Waals surface area contributed by atoms with Gasteiger partial charge in [-0.05, 0) is 48.1 Å². The summed E-state index contributed by atoms with van der Waals surface area (Å²) in [5.41, 5.74) is 0.813. The third-order valence-corrected chi connectivity index (χ3v) is 5.17. The summed E-state index contributed by atoms with van der Waals surface area (Å²) in [6.07, 6.45) is 3.31. The van der Waals surface area contributed by atoms with Gasteiger partial charge in [-0.3, -0.25) is 4.79 Å². The van der Waals surface area contributed by atoms with E-state index in [2.05, 4.69) is 26.1 Å². The molecule has 23 heavy (non-hydrogen) atoms. The Balaban J connectivity index is 1.88. The summed E-state index contributed by atoms with van der Waals surface area (Å²) in [6, 6.07) is 10.3. The van der Waals surface area contributed by atoms with Gasteiger partial charge in [0, 0.05) is 17.0 Å². The van der Waals surface area contributed by atoms with Crippen molar-refractivity contribution in [2.75, 3.05) is 0 Å². The number of hydrogen-bond acceptors (Lipinski definition) is 1. The Morgan fingerprint density at radius 2 is 1.87 bits per heavy atom. The fourth-order valence-electron chi connectivity index (χ4n) is 3.62. The average molecular weight is 313 g/mol. The molecule has 122 valence electrons. The molecule has 2 nitrogen and oxygen atoms in total. The minimum absolute atomic E-state index is 0.101. The smallest absolute Gasteiger partial charge is 0.252 e. The van der Waals surface area contributed by atoms with Crippen LogP contribution in [0.4, 0.5) is 4.39 Å². The van der Waals surface area contributed by atoms with Crippen molar-refractivity contribution >= 4 is 16.7 Å². The van der Waals surface area contributed by atoms with Crippen LogP contribution in [0, 0.1) is 17.2 Å². The van der Waals surface area contributed by atoms with Gasteiger partial charge >= 0.3 is 0 Å². The molecule has 2 aromatic rings. The Morgan fingerprint density at radius 3 is 2.61 bits per heavy atom. The van der Waals surface area contributed by atoms with Crippen molar-refractivity contribution in [2.24, 2.45) is 11.3 Å². The van der Waals surface area contributed by atoms with Gasteiger partial charge in [0.1, 0.15) is 5.82 Å². The minimum atomic E-state index is -0.288. The zero-order valence-electron chi connectivity index (χ0n) is 14.0. The Bertz CT molecular complexity index is 737. The first-order valence-corrected chi connectivity index (χ1v) is 8.35. The summed E-state index contributed by atoms with van der Waals surface area (Å²) in [4.78, 5) is 12.8. The monoisotopic (exact) mass is 313 g/mol. The molecule has 0 aromatic heterocycles. The Hall–Kier alpha value is -1.90. The Labute approximate surface area is 137 Å². The molecule has 0 spiro atoms. The molecule has 0 bridgehead atoms. The van der Waals surface area contributed by atoms with E-state index >= 15 is 0 Å². The lowest BCUT2D eigenvalue weighted by molar-refractivity contribution is 0.0859. The van der Waals surface area contributed by atoms with Crippen LogP contribution in [-0.2, 0) is 0 Å². The third kappa shape index (κ3) is 3.24. The highest BCUT2D eigenvalue weighted by Crippen LogP contribution is 2.38. The van der Waals surface area contributed by atoms with Crippen molar-refractivity contribution < 1.29 is 9.18 Å². The number of amides is 1. The first-order chi connectivity index (χ1) is 10.9. The normalized spacial score (nSPS) is 23.7. The summed E-state index contributed by atoms with van der Waals surface area (Å²) < 4.78 is 13.9. The first kappa shape index (κ1) is 16.0. The zero-order chi connectivity index (χ0) is 16.6. The number of carbonyl (C=O) groups is 1. The number of nitrogens with one attached hydrogen (secondary N) is 1. The van der Waals surface area contributed by atoms with E-state index in [0.717, 1.165) is 12.8 Å². The molecule has 2 aromatic carbocycles. The van der Waals surface area contributed by atoms with Crippen LogP contribution in [0.25, 0.3) is 10.8 Å². The first-order valence-electron chi connectivity index (χ1n) is 8.35. The molecular formula is C20H24FNO. The largest absolute Gasteiger partial charge is 0.349 e. The standard InChI is InChI=1S/C20H24FNO/c1-13-10-11-20(2,3)12-18(13)22-19(23)16-8-9-17(21)15-7-5-4-6-14(15)16/h4-9,13,18H,10-12H2,1-3H3,(H,22,23)/t13-,18-/m1/s1. The molecule has 3 rings (SSSR count). The summed E-state index contributed by atoms with van der Waals surface area (Å²) in [7, 11) is 0. The third-order valence-electron chi connectivity index (χ3n) is 5.17. The van der Waals surface area contributed by atoms with Crippen molar-refractivity contribution in [1.82, 2.24) is 5.32 Å². The van der Waals surface area contributed by atoms with E-state index in [9.17, 15) is 9.18 Å². The van der Waals surface area contributed by atoms with Crippen molar-refractivity contribution in [3.8, 4) is 0 Å². The van der Waals surface area contributed by atoms with Crippen LogP contribution >= 0.6 is 0 Å². The molecule has 0 unspecified atom stereocenters. The highest BCUT2D eigenvalue weighted by Gasteiger charge is 2.33. The highest BCUT2D eigenvalue weighted by atomic mass is 19.1. The summed E-state index contributed by atoms with van der Waals surface area (Å²) >= 11 is 0. The molecule has 1 saturated carbocycles. The number of rotatable bonds is 2. The molecule has 0 aliphatic heterocycles. The number of fused-ring (bicyclic) bond motifs is 1. The van der Waals surface area contributed by atoms with Gasteiger partial charge in [0.15, 0.2) is 0 Å². The summed E-state index contributed by atoms with van der Waals surface area (Å²) in [5.74, 6) is 0.0822. The zero-order valence-corrected chi connectivity index (χ0v) is 14.0. The quantitative estimate of drug-likeness (QED) is 0.837. The second-order valence-electron chi connectivity index (χ2n) is 7.60. The van der Waals surface area contributed by atoms with E-state index in [4.69, 9.17) is 0 Å². The lowest BCUT2D eigenvalue weighted by atomic mass is 9.71. The molecule has 1 amide bonds. The predicted octanol–water partition coefficient (Wildman–Crippen LogP) is 4.92. The Morgan fingerprint density at radius 1 is 1.17 bits per heavy atom. The molecule has 1 aliphatic rings. The van der Waals surface area contributed by atoms with Gasteiger partial charge in [-0.2, -0.15) is 0 Å². The van der Waals surface area contributed by atoms with E-state index in [0.29, 0.717) is 22.3 Å².